The smallest absolute Gasteiger partial charge is 0.0225 e. The van der Waals surface area contributed by atoms with Gasteiger partial charge in [0.1, 0.15) is 0 Å². The van der Waals surface area contributed by atoms with E-state index in [1.54, 1.807) is 0 Å². The van der Waals surface area contributed by atoms with E-state index < -0.39 is 0 Å². The lowest BCUT2D eigenvalue weighted by Gasteiger charge is -2.06. The van der Waals surface area contributed by atoms with E-state index in [-0.39, 0.29) is 0 Å². The molecule has 0 nitrogen and oxygen atoms in total. The van der Waals surface area contributed by atoms with Gasteiger partial charge in [-0.15, -0.1) is 0 Å². The second-order valence-electron chi connectivity index (χ2n) is 3.53. The molecule has 0 fully saturated rings. The monoisotopic (exact) mass is 174 g/mol. The first kappa shape index (κ1) is 10.0. The number of aryl methyl sites for hydroxylation is 2. The lowest BCUT2D eigenvalue weighted by molar-refractivity contribution is 1.13. The van der Waals surface area contributed by atoms with Crippen molar-refractivity contribution in [3.8, 4) is 0 Å². The Morgan fingerprint density at radius 2 is 2.00 bits per heavy atom. The molecule has 0 aliphatic carbocycles. The van der Waals surface area contributed by atoms with Crippen LogP contribution in [-0.2, 0) is 6.42 Å². The Morgan fingerprint density at radius 3 is 2.54 bits per heavy atom. The number of hydrogen-bond acceptors (Lipinski definition) is 0. The number of rotatable bonds is 2. The van der Waals surface area contributed by atoms with Crippen LogP contribution in [0.2, 0.25) is 0 Å². The summed E-state index contributed by atoms with van der Waals surface area (Å²) in [6, 6.07) is 6.78. The molecule has 0 N–H and O–H groups in total. The minimum atomic E-state index is 1.12. The molecule has 1 aromatic rings. The highest BCUT2D eigenvalue weighted by Gasteiger charge is 1.98. The van der Waals surface area contributed by atoms with Crippen molar-refractivity contribution < 1.29 is 0 Å². The third-order valence-corrected chi connectivity index (χ3v) is 2.43. The van der Waals surface area contributed by atoms with Crippen LogP contribution in [0.3, 0.4) is 0 Å². The van der Waals surface area contributed by atoms with Gasteiger partial charge in [-0.2, -0.15) is 0 Å². The summed E-state index contributed by atoms with van der Waals surface area (Å²) in [5, 5.41) is 0. The zero-order valence-corrected chi connectivity index (χ0v) is 9.02. The Kier molecular flexibility index (Phi) is 3.30. The van der Waals surface area contributed by atoms with Crippen LogP contribution in [-0.4, -0.2) is 0 Å². The number of hydrogen-bond donors (Lipinski definition) is 0. The van der Waals surface area contributed by atoms with E-state index in [0.717, 1.165) is 6.42 Å². The molecule has 0 bridgehead atoms. The molecule has 0 aliphatic heterocycles. The van der Waals surface area contributed by atoms with Gasteiger partial charge in [-0.1, -0.05) is 36.8 Å². The fourth-order valence-electron chi connectivity index (χ4n) is 1.46. The summed E-state index contributed by atoms with van der Waals surface area (Å²) >= 11 is 0. The normalized spacial score (nSPS) is 11.8. The zero-order valence-electron chi connectivity index (χ0n) is 9.02. The van der Waals surface area contributed by atoms with Gasteiger partial charge in [0.25, 0.3) is 0 Å². The molecular weight excluding hydrogens is 156 g/mol. The van der Waals surface area contributed by atoms with E-state index in [4.69, 9.17) is 0 Å². The first-order valence-electron chi connectivity index (χ1n) is 4.91. The molecule has 13 heavy (non-hydrogen) atoms. The Morgan fingerprint density at radius 1 is 1.31 bits per heavy atom. The maximum atomic E-state index is 2.28. The molecule has 1 rings (SSSR count). The van der Waals surface area contributed by atoms with Crippen molar-refractivity contribution in [1.29, 1.82) is 0 Å². The second kappa shape index (κ2) is 4.27. The lowest BCUT2D eigenvalue weighted by Crippen LogP contribution is -1.87. The topological polar surface area (TPSA) is 0 Å². The Balaban J connectivity index is 3.16. The van der Waals surface area contributed by atoms with E-state index in [9.17, 15) is 0 Å². The summed E-state index contributed by atoms with van der Waals surface area (Å²) in [4.78, 5) is 0. The molecule has 0 saturated carbocycles. The number of allylic oxidation sites excluding steroid dienone is 2. The van der Waals surface area contributed by atoms with Crippen LogP contribution in [0.25, 0.3) is 5.57 Å². The van der Waals surface area contributed by atoms with E-state index in [2.05, 4.69) is 52.0 Å². The van der Waals surface area contributed by atoms with E-state index in [1.807, 2.05) is 0 Å². The predicted octanol–water partition coefficient (Wildman–Crippen LogP) is 3.98. The lowest BCUT2D eigenvalue weighted by atomic mass is 10.0. The summed E-state index contributed by atoms with van der Waals surface area (Å²) < 4.78 is 0. The molecule has 0 aliphatic rings. The van der Waals surface area contributed by atoms with E-state index in [0.29, 0.717) is 0 Å². The van der Waals surface area contributed by atoms with Gasteiger partial charge >= 0.3 is 0 Å². The summed E-state index contributed by atoms with van der Waals surface area (Å²) in [6.07, 6.45) is 3.28. The Hall–Kier alpha value is -1.04. The van der Waals surface area contributed by atoms with Gasteiger partial charge in [-0.3, -0.25) is 0 Å². The standard InChI is InChI=1S/C13H18/c1-5-11(4)13-8-10(3)7-12(6-2)9-13/h5,7-9H,6H2,1-4H3/b11-5+. The maximum Gasteiger partial charge on any atom is -0.0225 e. The fourth-order valence-corrected chi connectivity index (χ4v) is 1.46. The molecule has 0 heterocycles. The molecule has 0 saturated heterocycles. The van der Waals surface area contributed by atoms with Gasteiger partial charge < -0.3 is 0 Å². The van der Waals surface area contributed by atoms with Crippen molar-refractivity contribution >= 4 is 5.57 Å². The second-order valence-corrected chi connectivity index (χ2v) is 3.53. The highest BCUT2D eigenvalue weighted by atomic mass is 14.0. The van der Waals surface area contributed by atoms with Crippen molar-refractivity contribution in [3.63, 3.8) is 0 Å². The first-order valence-corrected chi connectivity index (χ1v) is 4.91. The average Bonchev–Trinajstić information content (AvgIpc) is 2.15. The van der Waals surface area contributed by atoms with E-state index in [1.165, 1.54) is 22.3 Å². The Labute approximate surface area is 81.3 Å². The highest BCUT2D eigenvalue weighted by molar-refractivity contribution is 5.64. The molecule has 1 aromatic carbocycles. The molecule has 0 unspecified atom stereocenters. The van der Waals surface area contributed by atoms with Crippen LogP contribution >= 0.6 is 0 Å². The van der Waals surface area contributed by atoms with Crippen LogP contribution in [0.4, 0.5) is 0 Å². The average molecular weight is 174 g/mol. The summed E-state index contributed by atoms with van der Waals surface area (Å²) in [6.45, 7) is 8.60. The van der Waals surface area contributed by atoms with Crippen LogP contribution in [0.5, 0.6) is 0 Å². The molecular formula is C13H18. The molecule has 0 spiro atoms. The first-order chi connectivity index (χ1) is 6.17. The van der Waals surface area contributed by atoms with Gasteiger partial charge in [0.2, 0.25) is 0 Å². The van der Waals surface area contributed by atoms with Crippen LogP contribution in [0, 0.1) is 6.92 Å². The predicted molar refractivity (Wildman–Crippen MR) is 59.9 cm³/mol. The van der Waals surface area contributed by atoms with Gasteiger partial charge in [0, 0.05) is 0 Å². The zero-order chi connectivity index (χ0) is 9.84. The van der Waals surface area contributed by atoms with Gasteiger partial charge in [-0.05, 0) is 43.9 Å². The Bertz CT molecular complexity index is 319. The van der Waals surface area contributed by atoms with Crippen molar-refractivity contribution in [2.24, 2.45) is 0 Å². The number of benzene rings is 1. The minimum absolute atomic E-state index is 1.12. The molecule has 0 atom stereocenters. The molecule has 0 radical (unpaired) electrons. The van der Waals surface area contributed by atoms with Crippen LogP contribution < -0.4 is 0 Å². The van der Waals surface area contributed by atoms with Gasteiger partial charge in [-0.25, -0.2) is 0 Å². The molecule has 0 amide bonds. The molecule has 70 valence electrons. The van der Waals surface area contributed by atoms with Gasteiger partial charge in [0.05, 0.1) is 0 Å². The summed E-state index contributed by atoms with van der Waals surface area (Å²) in [5.74, 6) is 0. The third-order valence-electron chi connectivity index (χ3n) is 2.43. The molecule has 0 aromatic heterocycles. The largest absolute Gasteiger partial charge is 0.0841 e. The minimum Gasteiger partial charge on any atom is -0.0841 e. The quantitative estimate of drug-likeness (QED) is 0.636. The summed E-state index contributed by atoms with van der Waals surface area (Å²) in [7, 11) is 0. The maximum absolute atomic E-state index is 2.28. The van der Waals surface area contributed by atoms with Crippen molar-refractivity contribution in [2.45, 2.75) is 34.1 Å². The third kappa shape index (κ3) is 2.45. The van der Waals surface area contributed by atoms with E-state index >= 15 is 0 Å². The summed E-state index contributed by atoms with van der Waals surface area (Å²) in [5.41, 5.74) is 5.50. The highest BCUT2D eigenvalue weighted by Crippen LogP contribution is 2.17. The van der Waals surface area contributed by atoms with Crippen molar-refractivity contribution in [2.75, 3.05) is 0 Å². The van der Waals surface area contributed by atoms with Gasteiger partial charge in [0.15, 0.2) is 0 Å². The van der Waals surface area contributed by atoms with Crippen LogP contribution in [0.1, 0.15) is 37.5 Å². The van der Waals surface area contributed by atoms with Crippen molar-refractivity contribution in [3.05, 3.63) is 41.0 Å². The van der Waals surface area contributed by atoms with Crippen molar-refractivity contribution in [1.82, 2.24) is 0 Å². The molecule has 0 heteroatoms. The van der Waals surface area contributed by atoms with Crippen LogP contribution in [0.15, 0.2) is 24.3 Å². The SMILES string of the molecule is C/C=C(\C)c1cc(C)cc(CC)c1. The fraction of sp³-hybridized carbons (Fsp3) is 0.385.